The average Bonchev–Trinajstić information content (AvgIpc) is 2.14. The number of nitrogens with zero attached hydrogens (tertiary/aromatic N) is 3. The fraction of sp³-hybridized carbons (Fsp3) is 0.500. The Morgan fingerprint density at radius 3 is 2.67 bits per heavy atom. The summed E-state index contributed by atoms with van der Waals surface area (Å²) >= 11 is 5.45. The lowest BCUT2D eigenvalue weighted by Crippen LogP contribution is -1.95. The van der Waals surface area contributed by atoms with E-state index in [0.29, 0.717) is 5.88 Å². The Balaban J connectivity index is 0.000000640. The van der Waals surface area contributed by atoms with Crippen molar-refractivity contribution in [2.75, 3.05) is 0 Å². The van der Waals surface area contributed by atoms with E-state index in [0.717, 1.165) is 5.82 Å². The van der Waals surface area contributed by atoms with Gasteiger partial charge in [-0.1, -0.05) is 0 Å². The van der Waals surface area contributed by atoms with Gasteiger partial charge < -0.3 is 0 Å². The zero-order valence-electron chi connectivity index (χ0n) is 4.91. The second-order valence-corrected chi connectivity index (χ2v) is 1.70. The Hall–Kier alpha value is -0.280. The molecule has 0 amide bonds. The monoisotopic (exact) mass is 167 g/mol. The predicted molar refractivity (Wildman–Crippen MR) is 37.8 cm³/mol. The number of aromatic nitrogens is 3. The lowest BCUT2D eigenvalue weighted by atomic mass is 10.7. The van der Waals surface area contributed by atoms with Crippen molar-refractivity contribution in [3.05, 3.63) is 12.2 Å². The Labute approximate surface area is 64.4 Å². The van der Waals surface area contributed by atoms with Gasteiger partial charge in [0.25, 0.3) is 0 Å². The lowest BCUT2D eigenvalue weighted by molar-refractivity contribution is 0.728. The van der Waals surface area contributed by atoms with Crippen molar-refractivity contribution in [1.29, 1.82) is 0 Å². The summed E-state index contributed by atoms with van der Waals surface area (Å²) < 4.78 is 1.65. The fourth-order valence-corrected chi connectivity index (χ4v) is 0.683. The van der Waals surface area contributed by atoms with Crippen LogP contribution in [0.2, 0.25) is 0 Å². The second-order valence-electron chi connectivity index (χ2n) is 1.43. The van der Waals surface area contributed by atoms with E-state index in [1.807, 2.05) is 7.05 Å². The summed E-state index contributed by atoms with van der Waals surface area (Å²) in [6.45, 7) is 0. The van der Waals surface area contributed by atoms with Crippen LogP contribution in [0.3, 0.4) is 0 Å². The van der Waals surface area contributed by atoms with Crippen molar-refractivity contribution in [2.45, 2.75) is 5.88 Å². The van der Waals surface area contributed by atoms with E-state index in [4.69, 9.17) is 11.6 Å². The molecule has 3 nitrogen and oxygen atoms in total. The van der Waals surface area contributed by atoms with E-state index in [1.165, 1.54) is 6.33 Å². The van der Waals surface area contributed by atoms with Crippen LogP contribution in [0.4, 0.5) is 0 Å². The molecule has 0 saturated carbocycles. The van der Waals surface area contributed by atoms with Crippen LogP contribution in [0.5, 0.6) is 0 Å². The van der Waals surface area contributed by atoms with Crippen LogP contribution in [0.1, 0.15) is 5.82 Å². The van der Waals surface area contributed by atoms with E-state index in [2.05, 4.69) is 10.1 Å². The molecule has 0 aliphatic heterocycles. The van der Waals surface area contributed by atoms with Crippen LogP contribution in [0, 0.1) is 0 Å². The maximum atomic E-state index is 5.45. The molecule has 0 N–H and O–H groups in total. The topological polar surface area (TPSA) is 30.7 Å². The minimum Gasteiger partial charge on any atom is -0.252 e. The van der Waals surface area contributed by atoms with Crippen molar-refractivity contribution in [3.8, 4) is 0 Å². The summed E-state index contributed by atoms with van der Waals surface area (Å²) in [6.07, 6.45) is 1.48. The predicted octanol–water partition coefficient (Wildman–Crippen LogP) is 0.976. The molecule has 0 bridgehead atoms. The van der Waals surface area contributed by atoms with Crippen molar-refractivity contribution >= 4 is 24.0 Å². The number of hydrogen-bond donors (Lipinski definition) is 0. The minimum absolute atomic E-state index is 0. The quantitative estimate of drug-likeness (QED) is 0.585. The Bertz CT molecular complexity index is 174. The SMILES string of the molecule is Cl.Cn1ncnc1CCl. The number of halogens is 2. The molecule has 1 aromatic rings. The largest absolute Gasteiger partial charge is 0.252 e. The van der Waals surface area contributed by atoms with Gasteiger partial charge in [0.15, 0.2) is 0 Å². The molecule has 0 aromatic carbocycles. The first-order valence-corrected chi connectivity index (χ1v) is 2.77. The molecule has 52 valence electrons. The van der Waals surface area contributed by atoms with Crippen molar-refractivity contribution in [3.63, 3.8) is 0 Å². The second kappa shape index (κ2) is 3.69. The highest BCUT2D eigenvalue weighted by Crippen LogP contribution is 1.93. The minimum atomic E-state index is 0. The molecule has 0 saturated heterocycles. The Kier molecular flexibility index (Phi) is 3.58. The Morgan fingerprint density at radius 1 is 1.78 bits per heavy atom. The average molecular weight is 168 g/mol. The molecule has 1 aromatic heterocycles. The van der Waals surface area contributed by atoms with Crippen LogP contribution >= 0.6 is 24.0 Å². The molecular weight excluding hydrogens is 161 g/mol. The highest BCUT2D eigenvalue weighted by molar-refractivity contribution is 6.16. The molecule has 1 heterocycles. The molecule has 0 unspecified atom stereocenters. The van der Waals surface area contributed by atoms with E-state index >= 15 is 0 Å². The van der Waals surface area contributed by atoms with Crippen LogP contribution in [-0.2, 0) is 12.9 Å². The summed E-state index contributed by atoms with van der Waals surface area (Å²) in [4.78, 5) is 3.85. The zero-order valence-corrected chi connectivity index (χ0v) is 6.48. The van der Waals surface area contributed by atoms with Crippen molar-refractivity contribution in [2.24, 2.45) is 7.05 Å². The molecule has 0 radical (unpaired) electrons. The van der Waals surface area contributed by atoms with Crippen LogP contribution < -0.4 is 0 Å². The van der Waals surface area contributed by atoms with Gasteiger partial charge in [-0.2, -0.15) is 5.10 Å². The van der Waals surface area contributed by atoms with Gasteiger partial charge in [-0.05, 0) is 0 Å². The molecule has 5 heteroatoms. The first-order chi connectivity index (χ1) is 3.84. The molecular formula is C4H7Cl2N3. The van der Waals surface area contributed by atoms with Gasteiger partial charge in [0, 0.05) is 7.05 Å². The van der Waals surface area contributed by atoms with Crippen molar-refractivity contribution in [1.82, 2.24) is 14.8 Å². The van der Waals surface area contributed by atoms with Crippen LogP contribution in [0.15, 0.2) is 6.33 Å². The molecule has 9 heavy (non-hydrogen) atoms. The number of aryl methyl sites for hydroxylation is 1. The third-order valence-electron chi connectivity index (χ3n) is 0.925. The molecule has 0 atom stereocenters. The summed E-state index contributed by atoms with van der Waals surface area (Å²) in [5.74, 6) is 1.22. The summed E-state index contributed by atoms with van der Waals surface area (Å²) in [5.41, 5.74) is 0. The van der Waals surface area contributed by atoms with Crippen LogP contribution in [-0.4, -0.2) is 14.8 Å². The normalized spacial score (nSPS) is 8.67. The number of hydrogen-bond acceptors (Lipinski definition) is 2. The lowest BCUT2D eigenvalue weighted by Gasteiger charge is -1.89. The van der Waals surface area contributed by atoms with E-state index in [-0.39, 0.29) is 12.4 Å². The van der Waals surface area contributed by atoms with Crippen molar-refractivity contribution < 1.29 is 0 Å². The smallest absolute Gasteiger partial charge is 0.141 e. The van der Waals surface area contributed by atoms with Gasteiger partial charge in [-0.25, -0.2) is 4.98 Å². The van der Waals surface area contributed by atoms with Gasteiger partial charge in [-0.3, -0.25) is 4.68 Å². The fourth-order valence-electron chi connectivity index (χ4n) is 0.441. The molecule has 0 aliphatic rings. The highest BCUT2D eigenvalue weighted by Gasteiger charge is 1.93. The third kappa shape index (κ3) is 1.84. The molecule has 0 fully saturated rings. The van der Waals surface area contributed by atoms with Gasteiger partial charge in [0.1, 0.15) is 12.2 Å². The molecule has 0 spiro atoms. The number of rotatable bonds is 1. The zero-order chi connectivity index (χ0) is 5.98. The standard InChI is InChI=1S/C4H6ClN3.ClH/c1-8-4(2-5)6-3-7-8;/h3H,2H2,1H3;1H. The third-order valence-corrected chi connectivity index (χ3v) is 1.16. The maximum absolute atomic E-state index is 5.45. The van der Waals surface area contributed by atoms with Gasteiger partial charge in [0.2, 0.25) is 0 Å². The first-order valence-electron chi connectivity index (χ1n) is 2.23. The Morgan fingerprint density at radius 2 is 2.44 bits per heavy atom. The summed E-state index contributed by atoms with van der Waals surface area (Å²) in [5, 5.41) is 3.81. The van der Waals surface area contributed by atoms with Crippen LogP contribution in [0.25, 0.3) is 0 Å². The molecule has 1 rings (SSSR count). The highest BCUT2D eigenvalue weighted by atomic mass is 35.5. The van der Waals surface area contributed by atoms with E-state index in [1.54, 1.807) is 4.68 Å². The summed E-state index contributed by atoms with van der Waals surface area (Å²) in [6, 6.07) is 0. The van der Waals surface area contributed by atoms with Gasteiger partial charge >= 0.3 is 0 Å². The van der Waals surface area contributed by atoms with E-state index < -0.39 is 0 Å². The van der Waals surface area contributed by atoms with Gasteiger partial charge in [0.05, 0.1) is 5.88 Å². The van der Waals surface area contributed by atoms with E-state index in [9.17, 15) is 0 Å². The van der Waals surface area contributed by atoms with Gasteiger partial charge in [-0.15, -0.1) is 24.0 Å². The first kappa shape index (κ1) is 8.72. The molecule has 0 aliphatic carbocycles. The maximum Gasteiger partial charge on any atom is 0.141 e. The summed E-state index contributed by atoms with van der Waals surface area (Å²) in [7, 11) is 1.81. The number of alkyl halides is 1.